The van der Waals surface area contributed by atoms with E-state index in [1.54, 1.807) is 6.07 Å². The van der Waals surface area contributed by atoms with Gasteiger partial charge in [-0.3, -0.25) is 10.1 Å². The molecule has 0 spiro atoms. The van der Waals surface area contributed by atoms with Gasteiger partial charge in [-0.25, -0.2) is 0 Å². The molecule has 0 bridgehead atoms. The van der Waals surface area contributed by atoms with Gasteiger partial charge in [-0.05, 0) is 30.9 Å². The fourth-order valence-electron chi connectivity index (χ4n) is 1.89. The molecule has 0 aliphatic carbocycles. The highest BCUT2D eigenvalue weighted by atomic mass is 35.5. The average Bonchev–Trinajstić information content (AvgIpc) is 2.26. The van der Waals surface area contributed by atoms with E-state index < -0.39 is 4.92 Å². The zero-order valence-electron chi connectivity index (χ0n) is 10.9. The van der Waals surface area contributed by atoms with Crippen LogP contribution in [0.4, 0.5) is 5.69 Å². The van der Waals surface area contributed by atoms with Gasteiger partial charge in [0.05, 0.1) is 4.92 Å². The molecule has 4 nitrogen and oxygen atoms in total. The number of nitro benzene ring substituents is 1. The van der Waals surface area contributed by atoms with Crippen molar-refractivity contribution < 1.29 is 4.92 Å². The second-order valence-electron chi connectivity index (χ2n) is 4.95. The van der Waals surface area contributed by atoms with Gasteiger partial charge in [0.1, 0.15) is 5.02 Å². The minimum Gasteiger partial charge on any atom is -0.310 e. The summed E-state index contributed by atoms with van der Waals surface area (Å²) in [5.41, 5.74) is 0.842. The van der Waals surface area contributed by atoms with Gasteiger partial charge in [-0.2, -0.15) is 0 Å². The van der Waals surface area contributed by atoms with Crippen LogP contribution in [0.5, 0.6) is 0 Å². The predicted octanol–water partition coefficient (Wildman–Crippen LogP) is 3.77. The minimum absolute atomic E-state index is 0.0347. The minimum atomic E-state index is -0.455. The molecule has 1 rings (SSSR count). The molecule has 1 aromatic rings. The number of halogens is 1. The zero-order chi connectivity index (χ0) is 13.7. The Morgan fingerprint density at radius 2 is 2.06 bits per heavy atom. The maximum absolute atomic E-state index is 10.8. The first-order valence-electron chi connectivity index (χ1n) is 6.06. The van der Waals surface area contributed by atoms with Crippen LogP contribution >= 0.6 is 11.6 Å². The molecule has 1 unspecified atom stereocenters. The molecule has 0 saturated carbocycles. The van der Waals surface area contributed by atoms with Gasteiger partial charge in [0.2, 0.25) is 0 Å². The number of nitrogens with one attached hydrogen (secondary N) is 1. The van der Waals surface area contributed by atoms with Gasteiger partial charge >= 0.3 is 0 Å². The molecule has 0 heterocycles. The third-order valence-corrected chi connectivity index (χ3v) is 3.01. The van der Waals surface area contributed by atoms with E-state index in [0.29, 0.717) is 18.5 Å². The summed E-state index contributed by atoms with van der Waals surface area (Å²) in [7, 11) is 0. The topological polar surface area (TPSA) is 55.2 Å². The van der Waals surface area contributed by atoms with E-state index in [2.05, 4.69) is 26.1 Å². The Morgan fingerprint density at radius 3 is 2.61 bits per heavy atom. The molecule has 5 heteroatoms. The number of rotatable bonds is 6. The molecular weight excluding hydrogens is 252 g/mol. The fraction of sp³-hybridized carbons (Fsp3) is 0.538. The zero-order valence-corrected chi connectivity index (χ0v) is 11.7. The van der Waals surface area contributed by atoms with Gasteiger partial charge in [0, 0.05) is 18.7 Å². The van der Waals surface area contributed by atoms with Crippen molar-refractivity contribution >= 4 is 17.3 Å². The highest BCUT2D eigenvalue weighted by molar-refractivity contribution is 6.32. The number of benzene rings is 1. The molecule has 0 aliphatic rings. The number of nitrogens with zero attached hydrogens (tertiary/aromatic N) is 1. The lowest BCUT2D eigenvalue weighted by Crippen LogP contribution is -2.26. The van der Waals surface area contributed by atoms with Crippen LogP contribution in [0.15, 0.2) is 18.2 Å². The Hall–Kier alpha value is -1.13. The number of hydrogen-bond donors (Lipinski definition) is 1. The van der Waals surface area contributed by atoms with Crippen LogP contribution in [-0.4, -0.2) is 11.0 Å². The van der Waals surface area contributed by atoms with Crippen molar-refractivity contribution in [2.75, 3.05) is 0 Å². The summed E-state index contributed by atoms with van der Waals surface area (Å²) in [6, 6.07) is 5.30. The third kappa shape index (κ3) is 4.63. The van der Waals surface area contributed by atoms with Gasteiger partial charge in [-0.15, -0.1) is 0 Å². The van der Waals surface area contributed by atoms with Crippen LogP contribution in [0.3, 0.4) is 0 Å². The van der Waals surface area contributed by atoms with Crippen LogP contribution < -0.4 is 5.32 Å². The van der Waals surface area contributed by atoms with E-state index in [-0.39, 0.29) is 10.7 Å². The first-order chi connectivity index (χ1) is 8.40. The molecule has 0 radical (unpaired) electrons. The van der Waals surface area contributed by atoms with Gasteiger partial charge in [-0.1, -0.05) is 31.5 Å². The second kappa shape index (κ2) is 6.71. The Balaban J connectivity index is 2.63. The summed E-state index contributed by atoms with van der Waals surface area (Å²) in [6.45, 7) is 7.08. The van der Waals surface area contributed by atoms with Crippen molar-refractivity contribution in [2.45, 2.75) is 39.8 Å². The van der Waals surface area contributed by atoms with Crippen molar-refractivity contribution in [1.29, 1.82) is 0 Å². The van der Waals surface area contributed by atoms with Crippen LogP contribution in [0.2, 0.25) is 5.02 Å². The van der Waals surface area contributed by atoms with Gasteiger partial charge < -0.3 is 5.32 Å². The van der Waals surface area contributed by atoms with Crippen LogP contribution in [0.1, 0.15) is 32.8 Å². The Kier molecular flexibility index (Phi) is 5.56. The summed E-state index contributed by atoms with van der Waals surface area (Å²) >= 11 is 5.76. The third-order valence-electron chi connectivity index (χ3n) is 2.69. The van der Waals surface area contributed by atoms with Crippen LogP contribution in [-0.2, 0) is 6.54 Å². The number of hydrogen-bond acceptors (Lipinski definition) is 3. The van der Waals surface area contributed by atoms with Crippen LogP contribution in [0.25, 0.3) is 0 Å². The molecular formula is C13H19ClN2O2. The SMILES string of the molecule is CC(C)CC(C)NCc1ccc(Cl)c([N+](=O)[O-])c1. The smallest absolute Gasteiger partial charge is 0.288 e. The lowest BCUT2D eigenvalue weighted by molar-refractivity contribution is -0.384. The predicted molar refractivity (Wildman–Crippen MR) is 73.9 cm³/mol. The van der Waals surface area contributed by atoms with E-state index in [9.17, 15) is 10.1 Å². The van der Waals surface area contributed by atoms with E-state index in [1.807, 2.05) is 6.07 Å². The highest BCUT2D eigenvalue weighted by Crippen LogP contribution is 2.25. The maximum atomic E-state index is 10.8. The van der Waals surface area contributed by atoms with E-state index >= 15 is 0 Å². The van der Waals surface area contributed by atoms with Crippen molar-refractivity contribution in [3.05, 3.63) is 38.9 Å². The molecule has 18 heavy (non-hydrogen) atoms. The maximum Gasteiger partial charge on any atom is 0.288 e. The Labute approximate surface area is 112 Å². The summed E-state index contributed by atoms with van der Waals surface area (Å²) < 4.78 is 0. The lowest BCUT2D eigenvalue weighted by atomic mass is 10.0. The Morgan fingerprint density at radius 1 is 1.39 bits per heavy atom. The van der Waals surface area contributed by atoms with E-state index in [4.69, 9.17) is 11.6 Å². The quantitative estimate of drug-likeness (QED) is 0.632. The number of nitro groups is 1. The fourth-order valence-corrected chi connectivity index (χ4v) is 2.08. The monoisotopic (exact) mass is 270 g/mol. The van der Waals surface area contributed by atoms with E-state index in [1.165, 1.54) is 6.07 Å². The van der Waals surface area contributed by atoms with Crippen molar-refractivity contribution in [2.24, 2.45) is 5.92 Å². The normalized spacial score (nSPS) is 12.7. The second-order valence-corrected chi connectivity index (χ2v) is 5.36. The lowest BCUT2D eigenvalue weighted by Gasteiger charge is -2.15. The van der Waals surface area contributed by atoms with Crippen LogP contribution in [0, 0.1) is 16.0 Å². The summed E-state index contributed by atoms with van der Waals surface area (Å²) in [5.74, 6) is 0.632. The molecule has 100 valence electrons. The molecule has 0 saturated heterocycles. The van der Waals surface area contributed by atoms with Crippen molar-refractivity contribution in [3.63, 3.8) is 0 Å². The molecule has 1 N–H and O–H groups in total. The summed E-state index contributed by atoms with van der Waals surface area (Å²) in [6.07, 6.45) is 1.08. The van der Waals surface area contributed by atoms with Crippen molar-refractivity contribution in [3.8, 4) is 0 Å². The molecule has 1 atom stereocenters. The van der Waals surface area contributed by atoms with E-state index in [0.717, 1.165) is 12.0 Å². The first kappa shape index (κ1) is 14.9. The highest BCUT2D eigenvalue weighted by Gasteiger charge is 2.13. The van der Waals surface area contributed by atoms with Gasteiger partial charge in [0.25, 0.3) is 5.69 Å². The standard InChI is InChI=1S/C13H19ClN2O2/c1-9(2)6-10(3)15-8-11-4-5-12(14)13(7-11)16(17)18/h4-5,7,9-10,15H,6,8H2,1-3H3. The largest absolute Gasteiger partial charge is 0.310 e. The summed E-state index contributed by atoms with van der Waals surface area (Å²) in [5, 5.41) is 14.3. The Bertz CT molecular complexity index is 421. The molecule has 0 fully saturated rings. The van der Waals surface area contributed by atoms with Gasteiger partial charge in [0.15, 0.2) is 0 Å². The molecule has 1 aromatic carbocycles. The molecule has 0 amide bonds. The summed E-state index contributed by atoms with van der Waals surface area (Å²) in [4.78, 5) is 10.3. The molecule has 0 aromatic heterocycles. The molecule has 0 aliphatic heterocycles. The average molecular weight is 271 g/mol. The van der Waals surface area contributed by atoms with Crippen molar-refractivity contribution in [1.82, 2.24) is 5.32 Å². The first-order valence-corrected chi connectivity index (χ1v) is 6.44.